The first-order chi connectivity index (χ1) is 9.18. The molecule has 0 bridgehead atoms. The summed E-state index contributed by atoms with van der Waals surface area (Å²) in [6, 6.07) is 0. The van der Waals surface area contributed by atoms with Crippen molar-refractivity contribution in [1.82, 2.24) is 9.80 Å². The molecule has 1 saturated heterocycles. The molecule has 0 aliphatic carbocycles. The van der Waals surface area contributed by atoms with Gasteiger partial charge < -0.3 is 20.0 Å². The van der Waals surface area contributed by atoms with Crippen molar-refractivity contribution in [2.45, 2.75) is 38.1 Å². The highest BCUT2D eigenvalue weighted by atomic mass is 19.4. The summed E-state index contributed by atoms with van der Waals surface area (Å²) in [6.07, 6.45) is -5.49. The maximum absolute atomic E-state index is 12.2. The number of hydrogen-bond donors (Lipinski definition) is 2. The molecule has 120 valence electrons. The number of piperidine rings is 1. The van der Waals surface area contributed by atoms with Crippen molar-refractivity contribution in [3.05, 3.63) is 0 Å². The van der Waals surface area contributed by atoms with Crippen LogP contribution in [0.3, 0.4) is 0 Å². The molecule has 0 aromatic rings. The van der Waals surface area contributed by atoms with E-state index in [1.54, 1.807) is 0 Å². The van der Waals surface area contributed by atoms with E-state index < -0.39 is 24.9 Å². The first kappa shape index (κ1) is 17.7. The molecule has 1 aliphatic rings. The molecule has 1 heterocycles. The van der Waals surface area contributed by atoms with Crippen molar-refractivity contribution in [1.29, 1.82) is 0 Å². The van der Waals surface area contributed by atoms with Crippen LogP contribution in [0.4, 0.5) is 13.2 Å². The zero-order valence-electron chi connectivity index (χ0n) is 12.1. The number of likely N-dealkylation sites (N-methyl/N-ethyl adjacent to an activating group) is 1. The zero-order valence-corrected chi connectivity index (χ0v) is 12.1. The number of nitrogens with zero attached hydrogens (tertiary/aromatic N) is 2. The summed E-state index contributed by atoms with van der Waals surface area (Å²) in [5, 5.41) is 18.9. The van der Waals surface area contributed by atoms with Gasteiger partial charge in [0.1, 0.15) is 0 Å². The summed E-state index contributed by atoms with van der Waals surface area (Å²) in [6.45, 7) is 4.12. The summed E-state index contributed by atoms with van der Waals surface area (Å²) >= 11 is 0. The van der Waals surface area contributed by atoms with Gasteiger partial charge in [-0.05, 0) is 38.9 Å². The van der Waals surface area contributed by atoms with Crippen LogP contribution in [-0.4, -0.2) is 78.2 Å². The number of rotatable bonds is 6. The number of likely N-dealkylation sites (tertiary alicyclic amines) is 1. The highest BCUT2D eigenvalue weighted by Gasteiger charge is 2.38. The lowest BCUT2D eigenvalue weighted by Crippen LogP contribution is -2.45. The van der Waals surface area contributed by atoms with Crippen LogP contribution in [0.25, 0.3) is 0 Å². The number of aliphatic hydroxyl groups excluding tert-OH is 2. The first-order valence-corrected chi connectivity index (χ1v) is 7.02. The van der Waals surface area contributed by atoms with Gasteiger partial charge in [0, 0.05) is 19.6 Å². The van der Waals surface area contributed by atoms with Gasteiger partial charge >= 0.3 is 6.18 Å². The Kier molecular flexibility index (Phi) is 6.71. The van der Waals surface area contributed by atoms with Gasteiger partial charge in [0.15, 0.2) is 6.10 Å². The van der Waals surface area contributed by atoms with E-state index in [1.807, 2.05) is 0 Å². The lowest BCUT2D eigenvalue weighted by Gasteiger charge is -2.32. The molecule has 0 amide bonds. The number of alkyl halides is 3. The second-order valence-corrected chi connectivity index (χ2v) is 5.92. The van der Waals surface area contributed by atoms with Gasteiger partial charge in [-0.2, -0.15) is 13.2 Å². The molecule has 4 nitrogen and oxygen atoms in total. The Hall–Kier alpha value is -0.370. The molecular formula is C13H25F3N2O2. The van der Waals surface area contributed by atoms with Crippen molar-refractivity contribution in [2.75, 3.05) is 39.8 Å². The molecular weight excluding hydrogens is 273 g/mol. The van der Waals surface area contributed by atoms with Crippen LogP contribution in [0.1, 0.15) is 19.8 Å². The maximum Gasteiger partial charge on any atom is 0.415 e. The number of halogens is 3. The SMILES string of the molecule is CC1CCN(CC(O)CN(C)CC(O)C(F)(F)F)CC1. The predicted molar refractivity (Wildman–Crippen MR) is 70.4 cm³/mol. The van der Waals surface area contributed by atoms with E-state index >= 15 is 0 Å². The quantitative estimate of drug-likeness (QED) is 0.766. The lowest BCUT2D eigenvalue weighted by atomic mass is 9.99. The molecule has 0 saturated carbocycles. The summed E-state index contributed by atoms with van der Waals surface area (Å²) in [7, 11) is 1.47. The fourth-order valence-corrected chi connectivity index (χ4v) is 2.43. The van der Waals surface area contributed by atoms with E-state index in [9.17, 15) is 18.3 Å². The topological polar surface area (TPSA) is 46.9 Å². The average Bonchev–Trinajstić information content (AvgIpc) is 2.30. The Bertz CT molecular complexity index is 281. The number of aliphatic hydroxyl groups is 2. The molecule has 1 aliphatic heterocycles. The molecule has 0 aromatic carbocycles. The van der Waals surface area contributed by atoms with E-state index in [-0.39, 0.29) is 6.54 Å². The second kappa shape index (κ2) is 7.59. The molecule has 1 fully saturated rings. The van der Waals surface area contributed by atoms with Gasteiger partial charge in [-0.3, -0.25) is 0 Å². The van der Waals surface area contributed by atoms with Crippen LogP contribution in [-0.2, 0) is 0 Å². The van der Waals surface area contributed by atoms with Gasteiger partial charge in [-0.25, -0.2) is 0 Å². The van der Waals surface area contributed by atoms with Gasteiger partial charge in [-0.1, -0.05) is 6.92 Å². The second-order valence-electron chi connectivity index (χ2n) is 5.92. The standard InChI is InChI=1S/C13H25F3N2O2/c1-10-3-5-18(6-4-10)8-11(19)7-17(2)9-12(20)13(14,15)16/h10-12,19-20H,3-9H2,1-2H3. The van der Waals surface area contributed by atoms with Crippen molar-refractivity contribution < 1.29 is 23.4 Å². The number of β-amino-alcohol motifs (C(OH)–C–C–N with tert-alkyl or cyclic N) is 1. The van der Waals surface area contributed by atoms with Crippen molar-refractivity contribution in [3.8, 4) is 0 Å². The molecule has 20 heavy (non-hydrogen) atoms. The third-order valence-corrected chi connectivity index (χ3v) is 3.73. The monoisotopic (exact) mass is 298 g/mol. The van der Waals surface area contributed by atoms with Crippen LogP contribution in [0.2, 0.25) is 0 Å². The Balaban J connectivity index is 2.26. The molecule has 0 radical (unpaired) electrons. The Morgan fingerprint density at radius 3 is 2.25 bits per heavy atom. The minimum Gasteiger partial charge on any atom is -0.390 e. The maximum atomic E-state index is 12.2. The van der Waals surface area contributed by atoms with Crippen LogP contribution in [0, 0.1) is 5.92 Å². The minimum absolute atomic E-state index is 0.124. The highest BCUT2D eigenvalue weighted by molar-refractivity contribution is 4.75. The van der Waals surface area contributed by atoms with Crippen molar-refractivity contribution >= 4 is 0 Å². The Labute approximate surface area is 118 Å². The van der Waals surface area contributed by atoms with E-state index in [4.69, 9.17) is 5.11 Å². The normalized spacial score (nSPS) is 22.2. The van der Waals surface area contributed by atoms with Crippen LogP contribution in [0.15, 0.2) is 0 Å². The van der Waals surface area contributed by atoms with Gasteiger partial charge in [0.2, 0.25) is 0 Å². The summed E-state index contributed by atoms with van der Waals surface area (Å²) < 4.78 is 36.6. The lowest BCUT2D eigenvalue weighted by molar-refractivity contribution is -0.207. The van der Waals surface area contributed by atoms with Crippen molar-refractivity contribution in [2.24, 2.45) is 5.92 Å². The number of hydrogen-bond acceptors (Lipinski definition) is 4. The van der Waals surface area contributed by atoms with E-state index in [2.05, 4.69) is 11.8 Å². The predicted octanol–water partition coefficient (Wildman–Crippen LogP) is 0.934. The van der Waals surface area contributed by atoms with Gasteiger partial charge in [0.25, 0.3) is 0 Å². The highest BCUT2D eigenvalue weighted by Crippen LogP contribution is 2.20. The Morgan fingerprint density at radius 1 is 1.20 bits per heavy atom. The zero-order chi connectivity index (χ0) is 15.3. The molecule has 2 atom stereocenters. The van der Waals surface area contributed by atoms with Crippen LogP contribution < -0.4 is 0 Å². The van der Waals surface area contributed by atoms with Crippen LogP contribution >= 0.6 is 0 Å². The molecule has 1 rings (SSSR count). The fourth-order valence-electron chi connectivity index (χ4n) is 2.43. The largest absolute Gasteiger partial charge is 0.415 e. The minimum atomic E-state index is -4.61. The molecule has 0 aromatic heterocycles. The average molecular weight is 298 g/mol. The molecule has 2 unspecified atom stereocenters. The molecule has 2 N–H and O–H groups in total. The fraction of sp³-hybridized carbons (Fsp3) is 1.00. The summed E-state index contributed by atoms with van der Waals surface area (Å²) in [5.74, 6) is 0.702. The van der Waals surface area contributed by atoms with Crippen LogP contribution in [0.5, 0.6) is 0 Å². The Morgan fingerprint density at radius 2 is 1.75 bits per heavy atom. The van der Waals surface area contributed by atoms with Gasteiger partial charge in [-0.15, -0.1) is 0 Å². The van der Waals surface area contributed by atoms with Crippen molar-refractivity contribution in [3.63, 3.8) is 0 Å². The summed E-state index contributed by atoms with van der Waals surface area (Å²) in [4.78, 5) is 3.45. The van der Waals surface area contributed by atoms with E-state index in [1.165, 1.54) is 11.9 Å². The first-order valence-electron chi connectivity index (χ1n) is 7.02. The summed E-state index contributed by atoms with van der Waals surface area (Å²) in [5.41, 5.74) is 0. The van der Waals surface area contributed by atoms with E-state index in [0.717, 1.165) is 25.9 Å². The third kappa shape index (κ3) is 6.39. The smallest absolute Gasteiger partial charge is 0.390 e. The molecule has 0 spiro atoms. The molecule has 7 heteroatoms. The van der Waals surface area contributed by atoms with Gasteiger partial charge in [0.05, 0.1) is 6.10 Å². The van der Waals surface area contributed by atoms with E-state index in [0.29, 0.717) is 12.5 Å². The third-order valence-electron chi connectivity index (χ3n) is 3.73.